The van der Waals surface area contributed by atoms with Gasteiger partial charge >= 0.3 is 0 Å². The average molecular weight is 337 g/mol. The van der Waals surface area contributed by atoms with Crippen LogP contribution in [0.25, 0.3) is 5.69 Å². The van der Waals surface area contributed by atoms with Crippen LogP contribution >= 0.6 is 0 Å². The number of aromatic nitrogens is 4. The van der Waals surface area contributed by atoms with E-state index in [0.717, 1.165) is 28.2 Å². The van der Waals surface area contributed by atoms with Crippen molar-refractivity contribution in [3.8, 4) is 11.4 Å². The van der Waals surface area contributed by atoms with E-state index in [9.17, 15) is 9.90 Å². The molecule has 0 aliphatic carbocycles. The van der Waals surface area contributed by atoms with Gasteiger partial charge in [0.2, 0.25) is 5.82 Å². The van der Waals surface area contributed by atoms with E-state index in [0.29, 0.717) is 6.54 Å². The molecule has 0 spiro atoms. The Morgan fingerprint density at radius 3 is 2.52 bits per heavy atom. The van der Waals surface area contributed by atoms with Crippen LogP contribution in [0.5, 0.6) is 5.75 Å². The van der Waals surface area contributed by atoms with Crippen LogP contribution in [-0.4, -0.2) is 30.8 Å². The maximum atomic E-state index is 12.1. The van der Waals surface area contributed by atoms with Gasteiger partial charge < -0.3 is 10.4 Å². The summed E-state index contributed by atoms with van der Waals surface area (Å²) in [5.41, 5.74) is 4.92. The van der Waals surface area contributed by atoms with Crippen LogP contribution in [0.1, 0.15) is 33.1 Å². The van der Waals surface area contributed by atoms with Gasteiger partial charge in [-0.2, -0.15) is 5.10 Å². The van der Waals surface area contributed by atoms with Crippen molar-refractivity contribution in [1.82, 2.24) is 25.1 Å². The maximum absolute atomic E-state index is 12.1. The molecule has 25 heavy (non-hydrogen) atoms. The van der Waals surface area contributed by atoms with Crippen molar-refractivity contribution in [3.63, 3.8) is 0 Å². The zero-order valence-corrected chi connectivity index (χ0v) is 14.3. The third kappa shape index (κ3) is 3.35. The van der Waals surface area contributed by atoms with Crippen molar-refractivity contribution >= 4 is 5.91 Å². The monoisotopic (exact) mass is 337 g/mol. The first kappa shape index (κ1) is 16.6. The Hall–Kier alpha value is -3.22. The largest absolute Gasteiger partial charge is 0.505 e. The number of carbonyl (C=O) groups is 1. The van der Waals surface area contributed by atoms with Gasteiger partial charge in [0, 0.05) is 17.8 Å². The molecule has 3 aromatic rings. The molecule has 7 nitrogen and oxygen atoms in total. The molecular weight excluding hydrogens is 318 g/mol. The first-order chi connectivity index (χ1) is 12.0. The molecule has 0 bridgehead atoms. The molecule has 2 aromatic heterocycles. The fraction of sp³-hybridized carbons (Fsp3) is 0.222. The van der Waals surface area contributed by atoms with E-state index in [2.05, 4.69) is 20.4 Å². The standard InChI is InChI=1S/C18H19N5O2/c1-11-6-4-5-7-16(11)23-13(3)15(12(2)22-23)10-21-18(25)17-19-8-14(24)9-20-17/h4-9,24H,10H2,1-3H3,(H,21,25). The quantitative estimate of drug-likeness (QED) is 0.761. The van der Waals surface area contributed by atoms with Gasteiger partial charge in [-0.05, 0) is 32.4 Å². The lowest BCUT2D eigenvalue weighted by Gasteiger charge is -2.09. The Balaban J connectivity index is 1.81. The van der Waals surface area contributed by atoms with Crippen LogP contribution in [-0.2, 0) is 6.54 Å². The fourth-order valence-electron chi connectivity index (χ4n) is 2.65. The summed E-state index contributed by atoms with van der Waals surface area (Å²) < 4.78 is 1.89. The first-order valence-electron chi connectivity index (χ1n) is 7.87. The number of hydrogen-bond acceptors (Lipinski definition) is 5. The molecule has 0 aliphatic heterocycles. The molecule has 1 aromatic carbocycles. The summed E-state index contributed by atoms with van der Waals surface area (Å²) >= 11 is 0. The van der Waals surface area contributed by atoms with Gasteiger partial charge in [-0.25, -0.2) is 14.6 Å². The molecule has 128 valence electrons. The van der Waals surface area contributed by atoms with Crippen molar-refractivity contribution in [3.05, 3.63) is 65.0 Å². The molecule has 0 atom stereocenters. The number of benzene rings is 1. The van der Waals surface area contributed by atoms with E-state index in [1.807, 2.05) is 49.7 Å². The van der Waals surface area contributed by atoms with Crippen LogP contribution in [0.2, 0.25) is 0 Å². The zero-order valence-electron chi connectivity index (χ0n) is 14.3. The Labute approximate surface area is 145 Å². The van der Waals surface area contributed by atoms with E-state index in [1.54, 1.807) is 0 Å². The van der Waals surface area contributed by atoms with Gasteiger partial charge in [-0.1, -0.05) is 18.2 Å². The Morgan fingerprint density at radius 1 is 1.16 bits per heavy atom. The van der Waals surface area contributed by atoms with Crippen LogP contribution in [0, 0.1) is 20.8 Å². The lowest BCUT2D eigenvalue weighted by molar-refractivity contribution is 0.0940. The highest BCUT2D eigenvalue weighted by atomic mass is 16.3. The third-order valence-electron chi connectivity index (χ3n) is 4.05. The second-order valence-corrected chi connectivity index (χ2v) is 5.80. The summed E-state index contributed by atoms with van der Waals surface area (Å²) in [4.78, 5) is 19.7. The van der Waals surface area contributed by atoms with Gasteiger partial charge in [0.1, 0.15) is 0 Å². The number of carbonyl (C=O) groups excluding carboxylic acids is 1. The number of amides is 1. The van der Waals surface area contributed by atoms with Crippen LogP contribution in [0.15, 0.2) is 36.7 Å². The molecule has 2 heterocycles. The number of nitrogens with zero attached hydrogens (tertiary/aromatic N) is 4. The topological polar surface area (TPSA) is 92.9 Å². The highest BCUT2D eigenvalue weighted by molar-refractivity contribution is 5.90. The summed E-state index contributed by atoms with van der Waals surface area (Å²) in [7, 11) is 0. The van der Waals surface area contributed by atoms with E-state index >= 15 is 0 Å². The molecule has 3 rings (SSSR count). The van der Waals surface area contributed by atoms with Crippen molar-refractivity contribution in [2.45, 2.75) is 27.3 Å². The van der Waals surface area contributed by atoms with E-state index in [-0.39, 0.29) is 11.6 Å². The Kier molecular flexibility index (Phi) is 4.47. The molecule has 0 radical (unpaired) electrons. The molecule has 0 aliphatic rings. The summed E-state index contributed by atoms with van der Waals surface area (Å²) in [5, 5.41) is 16.6. The molecule has 0 unspecified atom stereocenters. The van der Waals surface area contributed by atoms with Crippen molar-refractivity contribution in [2.24, 2.45) is 0 Å². The van der Waals surface area contributed by atoms with Gasteiger partial charge in [-0.15, -0.1) is 0 Å². The Bertz CT molecular complexity index is 916. The molecule has 0 fully saturated rings. The smallest absolute Gasteiger partial charge is 0.289 e. The number of para-hydroxylation sites is 1. The zero-order chi connectivity index (χ0) is 18.0. The SMILES string of the molecule is Cc1ccccc1-n1nc(C)c(CNC(=O)c2ncc(O)cn2)c1C. The lowest BCUT2D eigenvalue weighted by Crippen LogP contribution is -2.25. The normalized spacial score (nSPS) is 10.7. The second kappa shape index (κ2) is 6.72. The van der Waals surface area contributed by atoms with E-state index in [1.165, 1.54) is 12.4 Å². The average Bonchev–Trinajstić information content (AvgIpc) is 2.88. The molecule has 0 saturated carbocycles. The summed E-state index contributed by atoms with van der Waals surface area (Å²) in [6, 6.07) is 8.02. The lowest BCUT2D eigenvalue weighted by atomic mass is 10.1. The molecule has 0 saturated heterocycles. The first-order valence-corrected chi connectivity index (χ1v) is 7.87. The predicted octanol–water partition coefficient (Wildman–Crippen LogP) is 2.22. The van der Waals surface area contributed by atoms with Crippen LogP contribution < -0.4 is 5.32 Å². The molecular formula is C18H19N5O2. The minimum atomic E-state index is -0.401. The van der Waals surface area contributed by atoms with Crippen molar-refractivity contribution in [1.29, 1.82) is 0 Å². The number of nitrogens with one attached hydrogen (secondary N) is 1. The number of rotatable bonds is 4. The van der Waals surface area contributed by atoms with Gasteiger partial charge in [0.15, 0.2) is 5.75 Å². The van der Waals surface area contributed by atoms with Crippen LogP contribution in [0.4, 0.5) is 0 Å². The van der Waals surface area contributed by atoms with Gasteiger partial charge in [0.05, 0.1) is 23.8 Å². The maximum Gasteiger partial charge on any atom is 0.289 e. The minimum Gasteiger partial charge on any atom is -0.505 e. The van der Waals surface area contributed by atoms with Crippen molar-refractivity contribution in [2.75, 3.05) is 0 Å². The molecule has 2 N–H and O–H groups in total. The summed E-state index contributed by atoms with van der Waals surface area (Å²) in [6.45, 7) is 6.26. The van der Waals surface area contributed by atoms with E-state index in [4.69, 9.17) is 0 Å². The Morgan fingerprint density at radius 2 is 1.84 bits per heavy atom. The fourth-order valence-corrected chi connectivity index (χ4v) is 2.65. The number of aryl methyl sites for hydroxylation is 2. The summed E-state index contributed by atoms with van der Waals surface area (Å²) in [6.07, 6.45) is 2.38. The third-order valence-corrected chi connectivity index (χ3v) is 4.05. The van der Waals surface area contributed by atoms with Crippen molar-refractivity contribution < 1.29 is 9.90 Å². The predicted molar refractivity (Wildman–Crippen MR) is 92.6 cm³/mol. The second-order valence-electron chi connectivity index (χ2n) is 5.80. The summed E-state index contributed by atoms with van der Waals surface area (Å²) in [5.74, 6) is -0.468. The van der Waals surface area contributed by atoms with Gasteiger partial charge in [0.25, 0.3) is 5.91 Å². The van der Waals surface area contributed by atoms with Gasteiger partial charge in [-0.3, -0.25) is 4.79 Å². The van der Waals surface area contributed by atoms with Crippen LogP contribution in [0.3, 0.4) is 0 Å². The highest BCUT2D eigenvalue weighted by Gasteiger charge is 2.16. The molecule has 1 amide bonds. The minimum absolute atomic E-state index is 0.0133. The van der Waals surface area contributed by atoms with E-state index < -0.39 is 5.91 Å². The molecule has 7 heteroatoms. The number of aromatic hydroxyl groups is 1. The number of hydrogen-bond donors (Lipinski definition) is 2. The highest BCUT2D eigenvalue weighted by Crippen LogP contribution is 2.20.